The van der Waals surface area contributed by atoms with Crippen molar-refractivity contribution in [3.8, 4) is 0 Å². The quantitative estimate of drug-likeness (QED) is 0.738. The minimum Gasteiger partial charge on any atom is -0.364 e. The van der Waals surface area contributed by atoms with Crippen LogP contribution in [-0.4, -0.2) is 48.2 Å². The lowest BCUT2D eigenvalue weighted by Gasteiger charge is -2.38. The normalized spacial score (nSPS) is 26.4. The van der Waals surface area contributed by atoms with E-state index in [4.69, 9.17) is 0 Å². The third-order valence-corrected chi connectivity index (χ3v) is 7.23. The maximum absolute atomic E-state index is 12.7. The van der Waals surface area contributed by atoms with Crippen LogP contribution in [0.5, 0.6) is 0 Å². The van der Waals surface area contributed by atoms with E-state index >= 15 is 0 Å². The van der Waals surface area contributed by atoms with Crippen molar-refractivity contribution in [1.82, 2.24) is 5.32 Å². The monoisotopic (exact) mass is 426 g/mol. The second-order valence-corrected chi connectivity index (χ2v) is 10.2. The third kappa shape index (κ3) is 4.63. The van der Waals surface area contributed by atoms with Gasteiger partial charge in [0.05, 0.1) is 18.1 Å². The van der Waals surface area contributed by atoms with E-state index in [1.807, 2.05) is 60.7 Å². The van der Waals surface area contributed by atoms with Crippen LogP contribution in [0.1, 0.15) is 11.1 Å². The van der Waals surface area contributed by atoms with Crippen LogP contribution in [0.15, 0.2) is 76.8 Å². The van der Waals surface area contributed by atoms with Gasteiger partial charge >= 0.3 is 0 Å². The molecule has 2 heterocycles. The van der Waals surface area contributed by atoms with Gasteiger partial charge in [0.25, 0.3) is 0 Å². The first-order valence-electron chi connectivity index (χ1n) is 9.35. The first kappa shape index (κ1) is 19.9. The van der Waals surface area contributed by atoms with Crippen LogP contribution in [0.25, 0.3) is 12.2 Å². The predicted octanol–water partition coefficient (Wildman–Crippen LogP) is 2.96. The number of rotatable bonds is 3. The molecule has 1 fully saturated rings. The lowest BCUT2D eigenvalue weighted by molar-refractivity contribution is 0.103. The topological polar surface area (TPSA) is 78.8 Å². The number of aliphatic imine (C=N–C) groups is 1. The highest BCUT2D eigenvalue weighted by atomic mass is 32.2. The fraction of sp³-hybridized carbons (Fsp3) is 0.227. The molecule has 5 nitrogen and oxygen atoms in total. The van der Waals surface area contributed by atoms with E-state index in [9.17, 15) is 13.5 Å². The van der Waals surface area contributed by atoms with Crippen LogP contribution < -0.4 is 5.32 Å². The zero-order valence-corrected chi connectivity index (χ0v) is 17.4. The zero-order chi connectivity index (χ0) is 20.3. The maximum atomic E-state index is 12.7. The van der Waals surface area contributed by atoms with Crippen LogP contribution in [0, 0.1) is 0 Å². The highest BCUT2D eigenvalue weighted by Gasteiger charge is 2.45. The van der Waals surface area contributed by atoms with Crippen LogP contribution in [0.3, 0.4) is 0 Å². The molecule has 2 aromatic rings. The lowest BCUT2D eigenvalue weighted by Crippen LogP contribution is -2.55. The van der Waals surface area contributed by atoms with Crippen molar-refractivity contribution >= 4 is 38.9 Å². The van der Waals surface area contributed by atoms with Crippen molar-refractivity contribution in [2.24, 2.45) is 4.99 Å². The van der Waals surface area contributed by atoms with Gasteiger partial charge in [0, 0.05) is 16.9 Å². The van der Waals surface area contributed by atoms with Gasteiger partial charge in [-0.1, -0.05) is 72.4 Å². The summed E-state index contributed by atoms with van der Waals surface area (Å²) in [5, 5.41) is 15.6. The van der Waals surface area contributed by atoms with E-state index in [1.54, 1.807) is 12.2 Å². The van der Waals surface area contributed by atoms with Crippen LogP contribution >= 0.6 is 11.8 Å². The first-order valence-corrected chi connectivity index (χ1v) is 12.2. The van der Waals surface area contributed by atoms with Crippen molar-refractivity contribution in [1.29, 1.82) is 0 Å². The number of nitrogens with one attached hydrogen (secondary N) is 1. The molecule has 150 valence electrons. The van der Waals surface area contributed by atoms with Crippen LogP contribution in [-0.2, 0) is 9.84 Å². The molecule has 0 radical (unpaired) electrons. The number of thioether (sulfide) groups is 1. The van der Waals surface area contributed by atoms with Gasteiger partial charge in [-0.2, -0.15) is 0 Å². The number of hydrogen-bond donors (Lipinski definition) is 2. The van der Waals surface area contributed by atoms with Gasteiger partial charge in [0.15, 0.2) is 20.7 Å². The van der Waals surface area contributed by atoms with Gasteiger partial charge in [-0.15, -0.1) is 0 Å². The van der Waals surface area contributed by atoms with Gasteiger partial charge in [0.2, 0.25) is 0 Å². The molecule has 0 unspecified atom stereocenters. The average molecular weight is 427 g/mol. The van der Waals surface area contributed by atoms with Crippen molar-refractivity contribution in [2.75, 3.05) is 23.8 Å². The Morgan fingerprint density at radius 1 is 0.931 bits per heavy atom. The summed E-state index contributed by atoms with van der Waals surface area (Å²) in [5.74, 6) is 0.414. The molecule has 0 spiro atoms. The number of benzene rings is 2. The molecule has 7 heteroatoms. The van der Waals surface area contributed by atoms with Gasteiger partial charge in [-0.05, 0) is 23.3 Å². The molecule has 0 bridgehead atoms. The fourth-order valence-corrected chi connectivity index (χ4v) is 5.87. The Kier molecular flexibility index (Phi) is 5.63. The molecule has 2 aromatic carbocycles. The molecule has 1 saturated heterocycles. The average Bonchev–Trinajstić information content (AvgIpc) is 3.20. The number of hydrogen-bond acceptors (Lipinski definition) is 6. The number of aliphatic hydroxyl groups is 1. The fourth-order valence-electron chi connectivity index (χ4n) is 3.46. The third-order valence-electron chi connectivity index (χ3n) is 4.83. The first-order chi connectivity index (χ1) is 13.9. The predicted molar refractivity (Wildman–Crippen MR) is 120 cm³/mol. The lowest BCUT2D eigenvalue weighted by atomic mass is 9.92. The second-order valence-electron chi connectivity index (χ2n) is 7.06. The Balaban J connectivity index is 1.85. The molecule has 4 rings (SSSR count). The summed E-state index contributed by atoms with van der Waals surface area (Å²) < 4.78 is 25.4. The van der Waals surface area contributed by atoms with E-state index in [0.717, 1.165) is 16.9 Å². The van der Waals surface area contributed by atoms with E-state index < -0.39 is 15.6 Å². The minimum absolute atomic E-state index is 0.213. The summed E-state index contributed by atoms with van der Waals surface area (Å²) in [6.45, 7) is 0.677. The summed E-state index contributed by atoms with van der Waals surface area (Å²) in [6, 6.07) is 18.9. The smallest absolute Gasteiger partial charge is 0.184 e. The molecular formula is C22H22N2O3S2. The van der Waals surface area contributed by atoms with Gasteiger partial charge in [-0.25, -0.2) is 8.42 Å². The molecule has 2 N–H and O–H groups in total. The molecule has 0 saturated carbocycles. The molecule has 29 heavy (non-hydrogen) atoms. The Hall–Kier alpha value is -2.35. The minimum atomic E-state index is -3.41. The summed E-state index contributed by atoms with van der Waals surface area (Å²) in [6.07, 6.45) is 3.51. The Bertz CT molecular complexity index is 1010. The molecular weight excluding hydrogens is 404 g/mol. The molecule has 0 aliphatic carbocycles. The van der Waals surface area contributed by atoms with Crippen molar-refractivity contribution < 1.29 is 13.5 Å². The summed E-state index contributed by atoms with van der Waals surface area (Å²) >= 11 is 1.53. The Morgan fingerprint density at radius 2 is 1.45 bits per heavy atom. The molecule has 0 aromatic heterocycles. The number of nitrogens with zero attached hydrogens (tertiary/aromatic N) is 1. The van der Waals surface area contributed by atoms with E-state index in [2.05, 4.69) is 10.3 Å². The van der Waals surface area contributed by atoms with Crippen molar-refractivity contribution in [3.63, 3.8) is 0 Å². The van der Waals surface area contributed by atoms with E-state index in [1.165, 1.54) is 11.8 Å². The number of sulfone groups is 1. The molecule has 0 amide bonds. The Labute approximate surface area is 175 Å². The molecule has 2 aliphatic heterocycles. The zero-order valence-electron chi connectivity index (χ0n) is 15.8. The summed E-state index contributed by atoms with van der Waals surface area (Å²) in [7, 11) is -3.41. The number of amidine groups is 1. The van der Waals surface area contributed by atoms with Crippen LogP contribution in [0.4, 0.5) is 0 Å². The van der Waals surface area contributed by atoms with Crippen molar-refractivity contribution in [3.05, 3.63) is 82.9 Å². The summed E-state index contributed by atoms with van der Waals surface area (Å²) in [4.78, 5) is 4.40. The van der Waals surface area contributed by atoms with Gasteiger partial charge in [0.1, 0.15) is 0 Å². The highest BCUT2D eigenvalue weighted by molar-refractivity contribution is 8.14. The highest BCUT2D eigenvalue weighted by Crippen LogP contribution is 2.35. The van der Waals surface area contributed by atoms with E-state index in [0.29, 0.717) is 22.9 Å². The maximum Gasteiger partial charge on any atom is 0.184 e. The van der Waals surface area contributed by atoms with Crippen LogP contribution in [0.2, 0.25) is 0 Å². The largest absolute Gasteiger partial charge is 0.364 e. The summed E-state index contributed by atoms with van der Waals surface area (Å²) in [5.41, 5.74) is 0.840. The van der Waals surface area contributed by atoms with Gasteiger partial charge in [-0.3, -0.25) is 4.99 Å². The SMILES string of the molecule is O=S1(=O)CC(=Cc2ccccc2)C(O)(NC2=NCCS2)C(=Cc2ccccc2)C1. The Morgan fingerprint density at radius 3 is 1.90 bits per heavy atom. The second kappa shape index (κ2) is 8.18. The standard InChI is InChI=1S/C22H22N2O3S2/c25-22(24-21-23-11-12-28-21)19(13-17-7-3-1-4-8-17)15-29(26,27)16-20(22)14-18-9-5-2-6-10-18/h1-10,13-14,25H,11-12,15-16H2,(H,23,24). The van der Waals surface area contributed by atoms with Gasteiger partial charge < -0.3 is 10.4 Å². The van der Waals surface area contributed by atoms with E-state index in [-0.39, 0.29) is 11.5 Å². The molecule has 0 atom stereocenters. The molecule has 2 aliphatic rings. The van der Waals surface area contributed by atoms with Crippen molar-refractivity contribution in [2.45, 2.75) is 5.72 Å².